The highest BCUT2D eigenvalue weighted by Crippen LogP contribution is 2.32. The lowest BCUT2D eigenvalue weighted by Crippen LogP contribution is -2.22. The maximum absolute atomic E-state index is 12.1. The summed E-state index contributed by atoms with van der Waals surface area (Å²) in [5.41, 5.74) is 1.80. The van der Waals surface area contributed by atoms with E-state index >= 15 is 0 Å². The summed E-state index contributed by atoms with van der Waals surface area (Å²) < 4.78 is 0. The van der Waals surface area contributed by atoms with Gasteiger partial charge in [-0.05, 0) is 23.3 Å². The first-order chi connectivity index (χ1) is 10.1. The first kappa shape index (κ1) is 14.4. The zero-order valence-corrected chi connectivity index (χ0v) is 12.6. The first-order valence-corrected chi connectivity index (χ1v) is 7.35. The molecule has 1 unspecified atom stereocenters. The molecule has 0 bridgehead atoms. The molecule has 0 spiro atoms. The van der Waals surface area contributed by atoms with E-state index in [1.807, 2.05) is 30.3 Å². The fraction of sp³-hybridized carbons (Fsp3) is 0.188. The van der Waals surface area contributed by atoms with Crippen LogP contribution in [0, 0.1) is 0 Å². The lowest BCUT2D eigenvalue weighted by Gasteiger charge is -2.17. The minimum absolute atomic E-state index is 0.0464. The van der Waals surface area contributed by atoms with Gasteiger partial charge >= 0.3 is 0 Å². The van der Waals surface area contributed by atoms with Crippen molar-refractivity contribution in [3.05, 3.63) is 69.7 Å². The van der Waals surface area contributed by atoms with Crippen molar-refractivity contribution in [2.45, 2.75) is 19.1 Å². The van der Waals surface area contributed by atoms with Gasteiger partial charge in [0.05, 0.1) is 13.0 Å². The quantitative estimate of drug-likeness (QED) is 0.838. The second kappa shape index (κ2) is 6.06. The maximum Gasteiger partial charge on any atom is 0.249 e. The third kappa shape index (κ3) is 3.21. The van der Waals surface area contributed by atoms with E-state index in [1.54, 1.807) is 18.2 Å². The number of rotatable bonds is 3. The number of carbonyl (C=O) groups is 1. The molecule has 2 aromatic rings. The number of carbonyl (C=O) groups excluding carboxylic acids is 1. The average Bonchev–Trinajstić information content (AvgIpc) is 2.84. The van der Waals surface area contributed by atoms with Gasteiger partial charge in [-0.3, -0.25) is 9.63 Å². The molecule has 2 aromatic carbocycles. The van der Waals surface area contributed by atoms with Crippen molar-refractivity contribution in [2.24, 2.45) is 0 Å². The van der Waals surface area contributed by atoms with Crippen molar-refractivity contribution in [1.29, 1.82) is 0 Å². The van der Waals surface area contributed by atoms with E-state index in [-0.39, 0.29) is 12.0 Å². The van der Waals surface area contributed by atoms with Crippen molar-refractivity contribution in [3.63, 3.8) is 0 Å². The van der Waals surface area contributed by atoms with E-state index in [1.165, 1.54) is 5.06 Å². The highest BCUT2D eigenvalue weighted by atomic mass is 35.5. The molecular formula is C16H13Cl2NO2. The van der Waals surface area contributed by atoms with Gasteiger partial charge in [-0.1, -0.05) is 59.6 Å². The molecule has 21 heavy (non-hydrogen) atoms. The lowest BCUT2D eigenvalue weighted by atomic mass is 10.1. The first-order valence-electron chi connectivity index (χ1n) is 6.59. The Kier molecular flexibility index (Phi) is 4.15. The van der Waals surface area contributed by atoms with Crippen LogP contribution in [0.4, 0.5) is 0 Å². The topological polar surface area (TPSA) is 29.5 Å². The van der Waals surface area contributed by atoms with Crippen molar-refractivity contribution >= 4 is 29.1 Å². The predicted octanol–water partition coefficient (Wildman–Crippen LogP) is 4.40. The Morgan fingerprint density at radius 2 is 1.90 bits per heavy atom. The van der Waals surface area contributed by atoms with Crippen molar-refractivity contribution in [3.8, 4) is 0 Å². The van der Waals surface area contributed by atoms with Gasteiger partial charge < -0.3 is 0 Å². The molecule has 1 aliphatic heterocycles. The fourth-order valence-electron chi connectivity index (χ4n) is 2.29. The third-order valence-corrected chi connectivity index (χ3v) is 3.98. The molecule has 0 aliphatic carbocycles. The van der Waals surface area contributed by atoms with Crippen LogP contribution in [-0.2, 0) is 16.2 Å². The van der Waals surface area contributed by atoms with Gasteiger partial charge in [-0.2, -0.15) is 0 Å². The van der Waals surface area contributed by atoms with E-state index < -0.39 is 0 Å². The molecule has 1 amide bonds. The second-order valence-electron chi connectivity index (χ2n) is 4.87. The van der Waals surface area contributed by atoms with E-state index in [0.717, 1.165) is 11.1 Å². The molecule has 1 fully saturated rings. The molecule has 0 aromatic heterocycles. The van der Waals surface area contributed by atoms with Crippen molar-refractivity contribution in [1.82, 2.24) is 5.06 Å². The largest absolute Gasteiger partial charge is 0.272 e. The minimum atomic E-state index is -0.232. The van der Waals surface area contributed by atoms with E-state index in [0.29, 0.717) is 23.0 Å². The fourth-order valence-corrected chi connectivity index (χ4v) is 2.75. The molecule has 3 rings (SSSR count). The molecule has 1 aliphatic rings. The highest BCUT2D eigenvalue weighted by Gasteiger charge is 2.32. The number of benzene rings is 2. The number of hydrogen-bond donors (Lipinski definition) is 0. The predicted molar refractivity (Wildman–Crippen MR) is 81.9 cm³/mol. The Morgan fingerprint density at radius 1 is 1.14 bits per heavy atom. The summed E-state index contributed by atoms with van der Waals surface area (Å²) in [4.78, 5) is 17.8. The summed E-state index contributed by atoms with van der Waals surface area (Å²) >= 11 is 12.0. The van der Waals surface area contributed by atoms with Crippen molar-refractivity contribution in [2.75, 3.05) is 0 Å². The normalized spacial score (nSPS) is 18.3. The molecule has 1 saturated heterocycles. The Hall–Kier alpha value is -1.55. The zero-order chi connectivity index (χ0) is 14.8. The molecule has 1 atom stereocenters. The molecule has 108 valence electrons. The number of hydrogen-bond acceptors (Lipinski definition) is 2. The number of amides is 1. The van der Waals surface area contributed by atoms with Gasteiger partial charge in [0.25, 0.3) is 0 Å². The van der Waals surface area contributed by atoms with Gasteiger partial charge in [0, 0.05) is 10.0 Å². The summed E-state index contributed by atoms with van der Waals surface area (Å²) in [7, 11) is 0. The summed E-state index contributed by atoms with van der Waals surface area (Å²) in [6.45, 7) is 0.318. The molecule has 1 heterocycles. The van der Waals surface area contributed by atoms with Crippen LogP contribution in [0.15, 0.2) is 48.5 Å². The third-order valence-electron chi connectivity index (χ3n) is 3.39. The molecule has 5 heteroatoms. The van der Waals surface area contributed by atoms with Gasteiger partial charge in [0.1, 0.15) is 6.10 Å². The summed E-state index contributed by atoms with van der Waals surface area (Å²) in [5.74, 6) is -0.0464. The minimum Gasteiger partial charge on any atom is -0.272 e. The molecule has 0 saturated carbocycles. The number of nitrogens with zero attached hydrogens (tertiary/aromatic N) is 1. The standard InChI is InChI=1S/C16H13Cl2NO2/c17-13-7-6-12(14(18)8-13)10-19-16(20)9-15(21-19)11-4-2-1-3-5-11/h1-8,15H,9-10H2. The SMILES string of the molecule is O=C1CC(c2ccccc2)ON1Cc1ccc(Cl)cc1Cl. The highest BCUT2D eigenvalue weighted by molar-refractivity contribution is 6.35. The van der Waals surface area contributed by atoms with E-state index in [4.69, 9.17) is 28.0 Å². The molecule has 3 nitrogen and oxygen atoms in total. The van der Waals surface area contributed by atoms with Gasteiger partial charge in [-0.15, -0.1) is 0 Å². The summed E-state index contributed by atoms with van der Waals surface area (Å²) in [6, 6.07) is 14.9. The maximum atomic E-state index is 12.1. The Labute approximate surface area is 133 Å². The average molecular weight is 322 g/mol. The van der Waals surface area contributed by atoms with Crippen LogP contribution in [0.1, 0.15) is 23.7 Å². The summed E-state index contributed by atoms with van der Waals surface area (Å²) in [6.07, 6.45) is 0.111. The van der Waals surface area contributed by atoms with Crippen LogP contribution in [0.25, 0.3) is 0 Å². The Bertz CT molecular complexity index is 661. The molecule has 0 radical (unpaired) electrons. The van der Waals surface area contributed by atoms with Crippen LogP contribution in [0.3, 0.4) is 0 Å². The molecule has 0 N–H and O–H groups in total. The lowest BCUT2D eigenvalue weighted by molar-refractivity contribution is -0.177. The number of hydroxylamine groups is 2. The van der Waals surface area contributed by atoms with Crippen LogP contribution >= 0.6 is 23.2 Å². The van der Waals surface area contributed by atoms with E-state index in [9.17, 15) is 4.79 Å². The Morgan fingerprint density at radius 3 is 2.62 bits per heavy atom. The second-order valence-corrected chi connectivity index (χ2v) is 5.72. The zero-order valence-electron chi connectivity index (χ0n) is 11.1. The van der Waals surface area contributed by atoms with Crippen LogP contribution < -0.4 is 0 Å². The van der Waals surface area contributed by atoms with Crippen LogP contribution in [0.5, 0.6) is 0 Å². The van der Waals surface area contributed by atoms with Gasteiger partial charge in [0.15, 0.2) is 0 Å². The van der Waals surface area contributed by atoms with Crippen LogP contribution in [0.2, 0.25) is 10.0 Å². The molecular weight excluding hydrogens is 309 g/mol. The Balaban J connectivity index is 1.74. The monoisotopic (exact) mass is 321 g/mol. The smallest absolute Gasteiger partial charge is 0.249 e. The number of halogens is 2. The van der Waals surface area contributed by atoms with Gasteiger partial charge in [0.2, 0.25) is 5.91 Å². The summed E-state index contributed by atoms with van der Waals surface area (Å²) in [5, 5.41) is 2.47. The van der Waals surface area contributed by atoms with E-state index in [2.05, 4.69) is 0 Å². The van der Waals surface area contributed by atoms with Gasteiger partial charge in [-0.25, -0.2) is 5.06 Å². The van der Waals surface area contributed by atoms with Crippen LogP contribution in [-0.4, -0.2) is 11.0 Å². The van der Waals surface area contributed by atoms with Crippen molar-refractivity contribution < 1.29 is 9.63 Å².